The van der Waals surface area contributed by atoms with Crippen LogP contribution in [-0.2, 0) is 6.18 Å². The van der Waals surface area contributed by atoms with Gasteiger partial charge in [-0.05, 0) is 6.07 Å². The standard InChI is InChI=1S/C8H5F3N4/c9-8(10,11)7-14-5-3-13-2-1-4(5)6(12)15-7/h1-3H,(H2,12,14,15). The van der Waals surface area contributed by atoms with E-state index in [9.17, 15) is 13.2 Å². The van der Waals surface area contributed by atoms with Gasteiger partial charge in [-0.2, -0.15) is 13.2 Å². The van der Waals surface area contributed by atoms with Crippen LogP contribution in [0.4, 0.5) is 19.0 Å². The van der Waals surface area contributed by atoms with E-state index >= 15 is 0 Å². The number of rotatable bonds is 0. The molecule has 0 aliphatic heterocycles. The van der Waals surface area contributed by atoms with Gasteiger partial charge in [0.1, 0.15) is 5.82 Å². The quantitative estimate of drug-likeness (QED) is 0.723. The third kappa shape index (κ3) is 1.67. The molecule has 0 aromatic carbocycles. The van der Waals surface area contributed by atoms with Gasteiger partial charge < -0.3 is 5.73 Å². The molecule has 78 valence electrons. The number of aromatic nitrogens is 3. The lowest BCUT2D eigenvalue weighted by molar-refractivity contribution is -0.144. The average Bonchev–Trinajstić information content (AvgIpc) is 2.16. The number of pyridine rings is 1. The summed E-state index contributed by atoms with van der Waals surface area (Å²) in [7, 11) is 0. The van der Waals surface area contributed by atoms with Gasteiger partial charge in [0.2, 0.25) is 5.82 Å². The molecule has 0 aliphatic carbocycles. The summed E-state index contributed by atoms with van der Waals surface area (Å²) in [5.74, 6) is -1.45. The van der Waals surface area contributed by atoms with Crippen LogP contribution in [0, 0.1) is 0 Å². The van der Waals surface area contributed by atoms with Crippen LogP contribution in [0.1, 0.15) is 5.82 Å². The zero-order chi connectivity index (χ0) is 11.1. The topological polar surface area (TPSA) is 64.7 Å². The summed E-state index contributed by atoms with van der Waals surface area (Å²) in [5.41, 5.74) is 5.46. The number of hydrogen-bond acceptors (Lipinski definition) is 4. The van der Waals surface area contributed by atoms with Gasteiger partial charge in [0.05, 0.1) is 11.7 Å². The summed E-state index contributed by atoms with van der Waals surface area (Å²) in [6.45, 7) is 0. The van der Waals surface area contributed by atoms with Crippen molar-refractivity contribution in [1.29, 1.82) is 0 Å². The van der Waals surface area contributed by atoms with Crippen molar-refractivity contribution in [3.63, 3.8) is 0 Å². The lowest BCUT2D eigenvalue weighted by Crippen LogP contribution is -2.12. The predicted octanol–water partition coefficient (Wildman–Crippen LogP) is 1.63. The fraction of sp³-hybridized carbons (Fsp3) is 0.125. The number of nitrogens with zero attached hydrogens (tertiary/aromatic N) is 3. The van der Waals surface area contributed by atoms with Crippen LogP contribution in [-0.4, -0.2) is 15.0 Å². The van der Waals surface area contributed by atoms with Crippen molar-refractivity contribution in [2.24, 2.45) is 0 Å². The Hall–Kier alpha value is -1.92. The van der Waals surface area contributed by atoms with Gasteiger partial charge in [-0.1, -0.05) is 0 Å². The zero-order valence-corrected chi connectivity index (χ0v) is 7.28. The maximum Gasteiger partial charge on any atom is 0.451 e. The highest BCUT2D eigenvalue weighted by Crippen LogP contribution is 2.28. The van der Waals surface area contributed by atoms with Crippen molar-refractivity contribution in [2.45, 2.75) is 6.18 Å². The lowest BCUT2D eigenvalue weighted by atomic mass is 10.3. The normalized spacial score (nSPS) is 11.9. The Kier molecular flexibility index (Phi) is 1.95. The lowest BCUT2D eigenvalue weighted by Gasteiger charge is -2.07. The summed E-state index contributed by atoms with van der Waals surface area (Å²) >= 11 is 0. The van der Waals surface area contributed by atoms with Crippen molar-refractivity contribution in [3.05, 3.63) is 24.3 Å². The van der Waals surface area contributed by atoms with E-state index in [-0.39, 0.29) is 11.3 Å². The third-order valence-electron chi connectivity index (χ3n) is 1.78. The number of alkyl halides is 3. The van der Waals surface area contributed by atoms with E-state index in [1.54, 1.807) is 0 Å². The second-order valence-corrected chi connectivity index (χ2v) is 2.82. The molecule has 0 atom stereocenters. The van der Waals surface area contributed by atoms with Gasteiger partial charge in [0, 0.05) is 11.6 Å². The molecule has 2 aromatic heterocycles. The second-order valence-electron chi connectivity index (χ2n) is 2.82. The van der Waals surface area contributed by atoms with Crippen LogP contribution in [0.5, 0.6) is 0 Å². The molecule has 15 heavy (non-hydrogen) atoms. The minimum atomic E-state index is -4.60. The van der Waals surface area contributed by atoms with Crippen LogP contribution in [0.25, 0.3) is 10.9 Å². The number of anilines is 1. The number of hydrogen-bond donors (Lipinski definition) is 1. The second kappa shape index (κ2) is 3.04. The van der Waals surface area contributed by atoms with E-state index in [4.69, 9.17) is 5.73 Å². The highest BCUT2D eigenvalue weighted by atomic mass is 19.4. The average molecular weight is 214 g/mol. The molecular weight excluding hydrogens is 209 g/mol. The highest BCUT2D eigenvalue weighted by Gasteiger charge is 2.35. The first-order valence-electron chi connectivity index (χ1n) is 3.93. The number of nitrogen functional groups attached to an aromatic ring is 1. The maximum absolute atomic E-state index is 12.3. The van der Waals surface area contributed by atoms with Gasteiger partial charge in [-0.3, -0.25) is 4.98 Å². The van der Waals surface area contributed by atoms with Crippen molar-refractivity contribution < 1.29 is 13.2 Å². The van der Waals surface area contributed by atoms with Gasteiger partial charge in [-0.25, -0.2) is 9.97 Å². The summed E-state index contributed by atoms with van der Waals surface area (Å²) in [5, 5.41) is 0.359. The van der Waals surface area contributed by atoms with Crippen LogP contribution in [0.2, 0.25) is 0 Å². The van der Waals surface area contributed by atoms with E-state index in [2.05, 4.69) is 15.0 Å². The molecule has 2 N–H and O–H groups in total. The molecule has 2 rings (SSSR count). The van der Waals surface area contributed by atoms with E-state index < -0.39 is 12.0 Å². The molecule has 0 spiro atoms. The fourth-order valence-electron chi connectivity index (χ4n) is 1.13. The van der Waals surface area contributed by atoms with E-state index in [0.29, 0.717) is 5.39 Å². The smallest absolute Gasteiger partial charge is 0.383 e. The first-order chi connectivity index (χ1) is 6.98. The Morgan fingerprint density at radius 3 is 2.60 bits per heavy atom. The predicted molar refractivity (Wildman–Crippen MR) is 46.7 cm³/mol. The fourth-order valence-corrected chi connectivity index (χ4v) is 1.13. The minimum Gasteiger partial charge on any atom is -0.383 e. The molecule has 0 amide bonds. The molecule has 2 heterocycles. The molecule has 4 nitrogen and oxygen atoms in total. The van der Waals surface area contributed by atoms with Crippen LogP contribution >= 0.6 is 0 Å². The Morgan fingerprint density at radius 2 is 1.93 bits per heavy atom. The van der Waals surface area contributed by atoms with Gasteiger partial charge in [0.15, 0.2) is 0 Å². The van der Waals surface area contributed by atoms with E-state index in [1.165, 1.54) is 18.5 Å². The highest BCUT2D eigenvalue weighted by molar-refractivity contribution is 5.87. The minimum absolute atomic E-state index is 0.0809. The summed E-state index contributed by atoms with van der Waals surface area (Å²) in [6.07, 6.45) is -1.98. The first kappa shape index (κ1) is 9.63. The van der Waals surface area contributed by atoms with E-state index in [1.807, 2.05) is 0 Å². The summed E-state index contributed by atoms with van der Waals surface area (Å²) in [6, 6.07) is 1.46. The zero-order valence-electron chi connectivity index (χ0n) is 7.28. The van der Waals surface area contributed by atoms with Crippen molar-refractivity contribution in [2.75, 3.05) is 5.73 Å². The number of nitrogens with two attached hydrogens (primary N) is 1. The summed E-state index contributed by atoms with van der Waals surface area (Å²) < 4.78 is 36.9. The Balaban J connectivity index is 2.73. The molecule has 0 radical (unpaired) electrons. The van der Waals surface area contributed by atoms with Crippen molar-refractivity contribution in [1.82, 2.24) is 15.0 Å². The molecule has 0 fully saturated rings. The first-order valence-corrected chi connectivity index (χ1v) is 3.93. The molecule has 0 aliphatic rings. The SMILES string of the molecule is Nc1nc(C(F)(F)F)nc2cnccc12. The summed E-state index contributed by atoms with van der Waals surface area (Å²) in [4.78, 5) is 10.2. The van der Waals surface area contributed by atoms with Crippen molar-refractivity contribution in [3.8, 4) is 0 Å². The van der Waals surface area contributed by atoms with Gasteiger partial charge in [-0.15, -0.1) is 0 Å². The Bertz CT molecular complexity index is 509. The molecule has 2 aromatic rings. The largest absolute Gasteiger partial charge is 0.451 e. The van der Waals surface area contributed by atoms with Crippen LogP contribution < -0.4 is 5.73 Å². The number of halogens is 3. The van der Waals surface area contributed by atoms with Crippen molar-refractivity contribution >= 4 is 16.7 Å². The molecular formula is C8H5F3N4. The molecule has 0 bridgehead atoms. The van der Waals surface area contributed by atoms with Crippen LogP contribution in [0.3, 0.4) is 0 Å². The Morgan fingerprint density at radius 1 is 1.20 bits per heavy atom. The monoisotopic (exact) mass is 214 g/mol. The molecule has 0 unspecified atom stereocenters. The van der Waals surface area contributed by atoms with Gasteiger partial charge in [0.25, 0.3) is 0 Å². The molecule has 0 saturated carbocycles. The van der Waals surface area contributed by atoms with Crippen LogP contribution in [0.15, 0.2) is 18.5 Å². The van der Waals surface area contributed by atoms with E-state index in [0.717, 1.165) is 0 Å². The number of fused-ring (bicyclic) bond motifs is 1. The maximum atomic E-state index is 12.3. The molecule has 7 heteroatoms. The molecule has 0 saturated heterocycles. The van der Waals surface area contributed by atoms with Gasteiger partial charge >= 0.3 is 6.18 Å². The Labute approximate surface area is 82.0 Å². The third-order valence-corrected chi connectivity index (χ3v) is 1.78.